The number of hydrogen-bond donors (Lipinski definition) is 1. The van der Waals surface area contributed by atoms with Gasteiger partial charge in [0.2, 0.25) is 5.95 Å². The van der Waals surface area contributed by atoms with Gasteiger partial charge in [-0.3, -0.25) is 0 Å². The molecule has 0 aliphatic carbocycles. The Balaban J connectivity index is 2.51. The third kappa shape index (κ3) is 1.79. The Morgan fingerprint density at radius 2 is 1.94 bits per heavy atom. The van der Waals surface area contributed by atoms with Gasteiger partial charge in [0.05, 0.1) is 7.11 Å². The molecule has 1 aromatic heterocycles. The predicted molar refractivity (Wildman–Crippen MR) is 58.4 cm³/mol. The van der Waals surface area contributed by atoms with Crippen molar-refractivity contribution in [1.82, 2.24) is 9.97 Å². The van der Waals surface area contributed by atoms with E-state index in [2.05, 4.69) is 9.97 Å². The zero-order chi connectivity index (χ0) is 11.5. The lowest BCUT2D eigenvalue weighted by molar-refractivity contribution is 0.387. The molecule has 1 heterocycles. The molecule has 0 aliphatic heterocycles. The minimum absolute atomic E-state index is 0.159. The van der Waals surface area contributed by atoms with E-state index < -0.39 is 5.82 Å². The monoisotopic (exact) mass is 219 g/mol. The molecule has 0 atom stereocenters. The Morgan fingerprint density at radius 3 is 2.56 bits per heavy atom. The summed E-state index contributed by atoms with van der Waals surface area (Å²) in [5.74, 6) is -0.0836. The molecule has 0 fully saturated rings. The van der Waals surface area contributed by atoms with Crippen LogP contribution in [0.15, 0.2) is 30.6 Å². The average Bonchev–Trinajstić information content (AvgIpc) is 2.31. The lowest BCUT2D eigenvalue weighted by Gasteiger charge is -2.06. The minimum atomic E-state index is -0.432. The molecule has 0 bridgehead atoms. The van der Waals surface area contributed by atoms with Crippen LogP contribution in [0.2, 0.25) is 0 Å². The molecule has 0 saturated carbocycles. The Bertz CT molecular complexity index is 499. The number of nitrogen functional groups attached to an aromatic ring is 1. The molecule has 0 amide bonds. The molecule has 1 aromatic carbocycles. The third-order valence-electron chi connectivity index (χ3n) is 2.17. The molecule has 4 nitrogen and oxygen atoms in total. The molecule has 2 aromatic rings. The maximum atomic E-state index is 13.8. The molecule has 2 rings (SSSR count). The van der Waals surface area contributed by atoms with Gasteiger partial charge in [-0.05, 0) is 6.07 Å². The quantitative estimate of drug-likeness (QED) is 0.837. The summed E-state index contributed by atoms with van der Waals surface area (Å²) in [6.07, 6.45) is 2.94. The SMILES string of the molecule is COc1cccc(-c2cnc(N)nc2)c1F. The zero-order valence-electron chi connectivity index (χ0n) is 8.64. The molecule has 0 aliphatic rings. The highest BCUT2D eigenvalue weighted by Gasteiger charge is 2.10. The Morgan fingerprint density at radius 1 is 1.25 bits per heavy atom. The summed E-state index contributed by atoms with van der Waals surface area (Å²) < 4.78 is 18.7. The first kappa shape index (κ1) is 10.4. The van der Waals surface area contributed by atoms with E-state index in [1.807, 2.05) is 0 Å². The Labute approximate surface area is 91.9 Å². The van der Waals surface area contributed by atoms with Gasteiger partial charge in [-0.25, -0.2) is 14.4 Å². The lowest BCUT2D eigenvalue weighted by atomic mass is 10.1. The molecule has 82 valence electrons. The first-order valence-corrected chi connectivity index (χ1v) is 4.63. The van der Waals surface area contributed by atoms with E-state index in [0.717, 1.165) is 0 Å². The highest BCUT2D eigenvalue weighted by Crippen LogP contribution is 2.27. The summed E-state index contributed by atoms with van der Waals surface area (Å²) in [4.78, 5) is 7.62. The number of methoxy groups -OCH3 is 1. The van der Waals surface area contributed by atoms with Crippen molar-refractivity contribution in [1.29, 1.82) is 0 Å². The molecular formula is C11H10FN3O. The highest BCUT2D eigenvalue weighted by atomic mass is 19.1. The summed E-state index contributed by atoms with van der Waals surface area (Å²) in [7, 11) is 1.42. The summed E-state index contributed by atoms with van der Waals surface area (Å²) >= 11 is 0. The first-order chi connectivity index (χ1) is 7.72. The second kappa shape index (κ2) is 4.14. The maximum absolute atomic E-state index is 13.8. The fourth-order valence-corrected chi connectivity index (χ4v) is 1.37. The van der Waals surface area contributed by atoms with E-state index in [1.54, 1.807) is 18.2 Å². The van der Waals surface area contributed by atoms with Crippen LogP contribution in [-0.4, -0.2) is 17.1 Å². The number of hydrogen-bond acceptors (Lipinski definition) is 4. The van der Waals surface area contributed by atoms with Crippen molar-refractivity contribution >= 4 is 5.95 Å². The second-order valence-corrected chi connectivity index (χ2v) is 3.15. The standard InChI is InChI=1S/C11H10FN3O/c1-16-9-4-2-3-8(10(9)12)7-5-14-11(13)15-6-7/h2-6H,1H3,(H2,13,14,15). The molecule has 16 heavy (non-hydrogen) atoms. The first-order valence-electron chi connectivity index (χ1n) is 4.63. The van der Waals surface area contributed by atoms with E-state index in [9.17, 15) is 4.39 Å². The fraction of sp³-hybridized carbons (Fsp3) is 0.0909. The van der Waals surface area contributed by atoms with Crippen LogP contribution in [0.3, 0.4) is 0 Å². The molecular weight excluding hydrogens is 209 g/mol. The van der Waals surface area contributed by atoms with Gasteiger partial charge in [0.1, 0.15) is 0 Å². The van der Waals surface area contributed by atoms with Crippen LogP contribution in [0.4, 0.5) is 10.3 Å². The van der Waals surface area contributed by atoms with E-state index in [0.29, 0.717) is 11.1 Å². The number of benzene rings is 1. The van der Waals surface area contributed by atoms with E-state index in [4.69, 9.17) is 10.5 Å². The second-order valence-electron chi connectivity index (χ2n) is 3.15. The van der Waals surface area contributed by atoms with Gasteiger partial charge in [0.15, 0.2) is 11.6 Å². The molecule has 0 spiro atoms. The van der Waals surface area contributed by atoms with Gasteiger partial charge in [0, 0.05) is 23.5 Å². The van der Waals surface area contributed by atoms with Gasteiger partial charge in [0.25, 0.3) is 0 Å². The number of ether oxygens (including phenoxy) is 1. The van der Waals surface area contributed by atoms with Crippen LogP contribution in [0, 0.1) is 5.82 Å². The summed E-state index contributed by atoms with van der Waals surface area (Å²) in [5, 5.41) is 0. The average molecular weight is 219 g/mol. The predicted octanol–water partition coefficient (Wildman–Crippen LogP) is 1.87. The van der Waals surface area contributed by atoms with Gasteiger partial charge in [-0.1, -0.05) is 12.1 Å². The van der Waals surface area contributed by atoms with E-state index in [1.165, 1.54) is 19.5 Å². The van der Waals surface area contributed by atoms with Gasteiger partial charge in [-0.2, -0.15) is 0 Å². The van der Waals surface area contributed by atoms with E-state index >= 15 is 0 Å². The van der Waals surface area contributed by atoms with Crippen molar-refractivity contribution in [2.45, 2.75) is 0 Å². The Hall–Kier alpha value is -2.17. The molecule has 0 saturated heterocycles. The number of aromatic nitrogens is 2. The topological polar surface area (TPSA) is 61.0 Å². The smallest absolute Gasteiger partial charge is 0.219 e. The number of nitrogens with two attached hydrogens (primary N) is 1. The summed E-state index contributed by atoms with van der Waals surface area (Å²) in [6.45, 7) is 0. The van der Waals surface area contributed by atoms with Crippen molar-refractivity contribution in [3.8, 4) is 16.9 Å². The summed E-state index contributed by atoms with van der Waals surface area (Å²) in [6, 6.07) is 4.89. The fourth-order valence-electron chi connectivity index (χ4n) is 1.37. The van der Waals surface area contributed by atoms with Crippen molar-refractivity contribution in [3.05, 3.63) is 36.4 Å². The van der Waals surface area contributed by atoms with Crippen LogP contribution < -0.4 is 10.5 Å². The minimum Gasteiger partial charge on any atom is -0.494 e. The number of rotatable bonds is 2. The van der Waals surface area contributed by atoms with Crippen molar-refractivity contribution in [3.63, 3.8) is 0 Å². The number of anilines is 1. The van der Waals surface area contributed by atoms with Crippen molar-refractivity contribution < 1.29 is 9.13 Å². The molecule has 0 radical (unpaired) electrons. The number of halogens is 1. The van der Waals surface area contributed by atoms with Gasteiger partial charge in [-0.15, -0.1) is 0 Å². The molecule has 0 unspecified atom stereocenters. The van der Waals surface area contributed by atoms with E-state index in [-0.39, 0.29) is 11.7 Å². The van der Waals surface area contributed by atoms with Crippen LogP contribution in [0.25, 0.3) is 11.1 Å². The van der Waals surface area contributed by atoms with Crippen molar-refractivity contribution in [2.24, 2.45) is 0 Å². The van der Waals surface area contributed by atoms with Crippen LogP contribution in [0.1, 0.15) is 0 Å². The van der Waals surface area contributed by atoms with Gasteiger partial charge >= 0.3 is 0 Å². The number of nitrogens with zero attached hydrogens (tertiary/aromatic N) is 2. The molecule has 2 N–H and O–H groups in total. The molecule has 5 heteroatoms. The van der Waals surface area contributed by atoms with Crippen molar-refractivity contribution in [2.75, 3.05) is 12.8 Å². The van der Waals surface area contributed by atoms with Crippen LogP contribution in [-0.2, 0) is 0 Å². The van der Waals surface area contributed by atoms with Gasteiger partial charge < -0.3 is 10.5 Å². The lowest BCUT2D eigenvalue weighted by Crippen LogP contribution is -1.95. The van der Waals surface area contributed by atoms with Crippen LogP contribution in [0.5, 0.6) is 5.75 Å². The third-order valence-corrected chi connectivity index (χ3v) is 2.17. The maximum Gasteiger partial charge on any atom is 0.219 e. The Kier molecular flexibility index (Phi) is 2.68. The highest BCUT2D eigenvalue weighted by molar-refractivity contribution is 5.64. The largest absolute Gasteiger partial charge is 0.494 e. The summed E-state index contributed by atoms with van der Waals surface area (Å²) in [5.41, 5.74) is 6.31. The zero-order valence-corrected chi connectivity index (χ0v) is 8.64. The van der Waals surface area contributed by atoms with Crippen LogP contribution >= 0.6 is 0 Å². The normalized spacial score (nSPS) is 10.1.